The summed E-state index contributed by atoms with van der Waals surface area (Å²) in [6.07, 6.45) is 0. The van der Waals surface area contributed by atoms with Crippen molar-refractivity contribution in [1.82, 2.24) is 4.90 Å². The molecule has 1 aliphatic heterocycles. The maximum Gasteiger partial charge on any atom is 0.269 e. The van der Waals surface area contributed by atoms with E-state index >= 15 is 0 Å². The van der Waals surface area contributed by atoms with Gasteiger partial charge in [0.25, 0.3) is 5.69 Å². The van der Waals surface area contributed by atoms with Crippen molar-refractivity contribution in [2.24, 2.45) is 5.73 Å². The van der Waals surface area contributed by atoms with Crippen LogP contribution in [0.5, 0.6) is 0 Å². The smallest absolute Gasteiger partial charge is 0.269 e. The minimum Gasteiger partial charge on any atom is -0.379 e. The summed E-state index contributed by atoms with van der Waals surface area (Å²) in [5, 5.41) is 10.8. The normalized spacial score (nSPS) is 18.5. The first-order valence-electron chi connectivity index (χ1n) is 5.98. The molecule has 2 N–H and O–H groups in total. The predicted molar refractivity (Wildman–Crippen MR) is 67.3 cm³/mol. The molecule has 98 valence electrons. The van der Waals surface area contributed by atoms with Crippen LogP contribution in [0.4, 0.5) is 5.69 Å². The zero-order chi connectivity index (χ0) is 13.0. The molecule has 0 amide bonds. The molecule has 1 heterocycles. The summed E-state index contributed by atoms with van der Waals surface area (Å²) in [5.74, 6) is 0. The number of morpholine rings is 1. The van der Waals surface area contributed by atoms with Gasteiger partial charge in [-0.1, -0.05) is 12.1 Å². The lowest BCUT2D eigenvalue weighted by Gasteiger charge is -2.33. The highest BCUT2D eigenvalue weighted by Gasteiger charge is 2.22. The molecule has 1 fully saturated rings. The van der Waals surface area contributed by atoms with Crippen LogP contribution in [0.2, 0.25) is 0 Å². The van der Waals surface area contributed by atoms with Gasteiger partial charge >= 0.3 is 0 Å². The fourth-order valence-electron chi connectivity index (χ4n) is 2.23. The fraction of sp³-hybridized carbons (Fsp3) is 0.500. The number of nitrogens with zero attached hydrogens (tertiary/aromatic N) is 2. The Morgan fingerprint density at radius 3 is 2.78 bits per heavy atom. The lowest BCUT2D eigenvalue weighted by Crippen LogP contribution is -2.41. The summed E-state index contributed by atoms with van der Waals surface area (Å²) in [6, 6.07) is 6.72. The number of rotatable bonds is 4. The molecule has 0 aliphatic carbocycles. The summed E-state index contributed by atoms with van der Waals surface area (Å²) < 4.78 is 5.30. The maximum atomic E-state index is 10.8. The molecule has 2 rings (SSSR count). The first-order chi connectivity index (χ1) is 8.72. The van der Waals surface area contributed by atoms with Gasteiger partial charge in [0.2, 0.25) is 0 Å². The summed E-state index contributed by atoms with van der Waals surface area (Å²) in [6.45, 7) is 3.44. The van der Waals surface area contributed by atoms with E-state index in [0.717, 1.165) is 18.7 Å². The maximum absolute atomic E-state index is 10.8. The lowest BCUT2D eigenvalue weighted by molar-refractivity contribution is -0.385. The standard InChI is InChI=1S/C12H17N3O3/c13-9-12(14-4-6-18-7-5-14)10-2-1-3-11(8-10)15(16)17/h1-3,8,12H,4-7,9,13H2. The predicted octanol–water partition coefficient (Wildman–Crippen LogP) is 0.927. The number of nitro benzene ring substituents is 1. The van der Waals surface area contributed by atoms with Gasteiger partial charge in [-0.05, 0) is 5.56 Å². The third-order valence-corrected chi connectivity index (χ3v) is 3.18. The molecule has 0 spiro atoms. The molecule has 1 unspecified atom stereocenters. The zero-order valence-electron chi connectivity index (χ0n) is 10.1. The topological polar surface area (TPSA) is 81.6 Å². The Bertz CT molecular complexity index is 419. The summed E-state index contributed by atoms with van der Waals surface area (Å²) in [7, 11) is 0. The second-order valence-corrected chi connectivity index (χ2v) is 4.25. The average Bonchev–Trinajstić information content (AvgIpc) is 2.41. The van der Waals surface area contributed by atoms with E-state index in [1.54, 1.807) is 12.1 Å². The third-order valence-electron chi connectivity index (χ3n) is 3.18. The number of ether oxygens (including phenoxy) is 1. The van der Waals surface area contributed by atoms with Gasteiger partial charge in [0, 0.05) is 37.8 Å². The van der Waals surface area contributed by atoms with Crippen molar-refractivity contribution < 1.29 is 9.66 Å². The van der Waals surface area contributed by atoms with Crippen molar-refractivity contribution in [3.05, 3.63) is 39.9 Å². The highest BCUT2D eigenvalue weighted by atomic mass is 16.6. The molecule has 0 bridgehead atoms. The molecule has 0 aromatic heterocycles. The van der Waals surface area contributed by atoms with Crippen molar-refractivity contribution in [2.75, 3.05) is 32.8 Å². The average molecular weight is 251 g/mol. The summed E-state index contributed by atoms with van der Waals surface area (Å²) >= 11 is 0. The highest BCUT2D eigenvalue weighted by Crippen LogP contribution is 2.24. The third kappa shape index (κ3) is 2.84. The SMILES string of the molecule is NCC(c1cccc([N+](=O)[O-])c1)N1CCOCC1. The Hall–Kier alpha value is -1.50. The van der Waals surface area contributed by atoms with Gasteiger partial charge in [-0.15, -0.1) is 0 Å². The molecule has 1 atom stereocenters. The van der Waals surface area contributed by atoms with E-state index in [1.165, 1.54) is 6.07 Å². The number of benzene rings is 1. The Kier molecular flexibility index (Phi) is 4.24. The van der Waals surface area contributed by atoms with Crippen LogP contribution >= 0.6 is 0 Å². The molecule has 1 aromatic rings. The Morgan fingerprint density at radius 2 is 2.17 bits per heavy atom. The molecule has 0 saturated carbocycles. The van der Waals surface area contributed by atoms with Gasteiger partial charge in [0.15, 0.2) is 0 Å². The lowest BCUT2D eigenvalue weighted by atomic mass is 10.0. The molecular weight excluding hydrogens is 234 g/mol. The van der Waals surface area contributed by atoms with Crippen molar-refractivity contribution >= 4 is 5.69 Å². The van der Waals surface area contributed by atoms with Crippen LogP contribution in [-0.2, 0) is 4.74 Å². The van der Waals surface area contributed by atoms with Crippen LogP contribution in [0.3, 0.4) is 0 Å². The van der Waals surface area contributed by atoms with Crippen molar-refractivity contribution in [1.29, 1.82) is 0 Å². The quantitative estimate of drug-likeness (QED) is 0.636. The number of hydrogen-bond acceptors (Lipinski definition) is 5. The van der Waals surface area contributed by atoms with Crippen molar-refractivity contribution in [2.45, 2.75) is 6.04 Å². The minimum absolute atomic E-state index is 0.0220. The minimum atomic E-state index is -0.379. The summed E-state index contributed by atoms with van der Waals surface area (Å²) in [5.41, 5.74) is 6.82. The number of nitro groups is 1. The van der Waals surface area contributed by atoms with E-state index in [4.69, 9.17) is 10.5 Å². The van der Waals surface area contributed by atoms with E-state index < -0.39 is 0 Å². The molecule has 18 heavy (non-hydrogen) atoms. The van der Waals surface area contributed by atoms with Gasteiger partial charge in [-0.3, -0.25) is 15.0 Å². The van der Waals surface area contributed by atoms with E-state index in [1.807, 2.05) is 6.07 Å². The van der Waals surface area contributed by atoms with Gasteiger partial charge < -0.3 is 10.5 Å². The van der Waals surface area contributed by atoms with Crippen molar-refractivity contribution in [3.63, 3.8) is 0 Å². The second kappa shape index (κ2) is 5.90. The molecule has 1 aromatic carbocycles. The fourth-order valence-corrected chi connectivity index (χ4v) is 2.23. The Balaban J connectivity index is 2.20. The van der Waals surface area contributed by atoms with E-state index in [2.05, 4.69) is 4.90 Å². The zero-order valence-corrected chi connectivity index (χ0v) is 10.1. The number of hydrogen-bond donors (Lipinski definition) is 1. The van der Waals surface area contributed by atoms with Crippen LogP contribution in [0.15, 0.2) is 24.3 Å². The molecule has 6 nitrogen and oxygen atoms in total. The van der Waals surface area contributed by atoms with Gasteiger partial charge in [0.1, 0.15) is 0 Å². The van der Waals surface area contributed by atoms with Crippen molar-refractivity contribution in [3.8, 4) is 0 Å². The second-order valence-electron chi connectivity index (χ2n) is 4.25. The highest BCUT2D eigenvalue weighted by molar-refractivity contribution is 5.36. The molecule has 1 aliphatic rings. The van der Waals surface area contributed by atoms with E-state index in [-0.39, 0.29) is 16.7 Å². The molecule has 0 radical (unpaired) electrons. The first-order valence-corrected chi connectivity index (χ1v) is 5.98. The van der Waals surface area contributed by atoms with Crippen LogP contribution < -0.4 is 5.73 Å². The molecule has 6 heteroatoms. The summed E-state index contributed by atoms with van der Waals surface area (Å²) in [4.78, 5) is 12.6. The largest absolute Gasteiger partial charge is 0.379 e. The van der Waals surface area contributed by atoms with Crippen LogP contribution in [0.1, 0.15) is 11.6 Å². The van der Waals surface area contributed by atoms with Gasteiger partial charge in [0.05, 0.1) is 18.1 Å². The van der Waals surface area contributed by atoms with Crippen LogP contribution in [0, 0.1) is 10.1 Å². The number of non-ortho nitro benzene ring substituents is 1. The number of nitrogens with two attached hydrogens (primary N) is 1. The van der Waals surface area contributed by atoms with E-state index in [9.17, 15) is 10.1 Å². The van der Waals surface area contributed by atoms with E-state index in [0.29, 0.717) is 19.8 Å². The Labute approximate surface area is 105 Å². The van der Waals surface area contributed by atoms with Gasteiger partial charge in [-0.2, -0.15) is 0 Å². The monoisotopic (exact) mass is 251 g/mol. The van der Waals surface area contributed by atoms with Crippen LogP contribution in [0.25, 0.3) is 0 Å². The molecular formula is C12H17N3O3. The first kappa shape index (κ1) is 12.9. The Morgan fingerprint density at radius 1 is 1.44 bits per heavy atom. The molecule has 1 saturated heterocycles. The van der Waals surface area contributed by atoms with Gasteiger partial charge in [-0.25, -0.2) is 0 Å². The van der Waals surface area contributed by atoms with Crippen LogP contribution in [-0.4, -0.2) is 42.7 Å².